The smallest absolute Gasteiger partial charge is 0.144 e. The number of furan rings is 2. The first-order chi connectivity index (χ1) is 49.6. The molecule has 0 aliphatic heterocycles. The summed E-state index contributed by atoms with van der Waals surface area (Å²) in [4.78, 5) is 4.75. The fraction of sp³-hybridized carbons (Fsp3) is 0.0208. The van der Waals surface area contributed by atoms with E-state index in [0.29, 0.717) is 0 Å². The summed E-state index contributed by atoms with van der Waals surface area (Å²) in [6.45, 7) is 0. The Morgan fingerprint density at radius 1 is 0.200 bits per heavy atom. The first kappa shape index (κ1) is 57.2. The molecule has 4 heteroatoms. The molecule has 18 aromatic rings. The van der Waals surface area contributed by atoms with Crippen LogP contribution in [0, 0.1) is 0 Å². The summed E-state index contributed by atoms with van der Waals surface area (Å²) in [7, 11) is 0. The fourth-order valence-corrected chi connectivity index (χ4v) is 17.2. The Morgan fingerprint density at radius 2 is 0.490 bits per heavy atom. The third-order valence-corrected chi connectivity index (χ3v) is 21.4. The van der Waals surface area contributed by atoms with Gasteiger partial charge in [-0.1, -0.05) is 279 Å². The number of rotatable bonds is 12. The molecule has 2 aliphatic carbocycles. The molecule has 468 valence electrons. The van der Waals surface area contributed by atoms with Crippen molar-refractivity contribution in [2.24, 2.45) is 0 Å². The minimum Gasteiger partial charge on any atom is -0.455 e. The van der Waals surface area contributed by atoms with Gasteiger partial charge in [0, 0.05) is 78.6 Å². The molecule has 0 bridgehead atoms. The average molecular weight is 1280 g/mol. The first-order valence-corrected chi connectivity index (χ1v) is 34.5. The number of anilines is 6. The second kappa shape index (κ2) is 22.8. The van der Waals surface area contributed by atoms with Gasteiger partial charge in [0.1, 0.15) is 22.3 Å². The minimum absolute atomic E-state index is 0.573. The predicted octanol–water partition coefficient (Wildman–Crippen LogP) is 25.6. The van der Waals surface area contributed by atoms with Crippen LogP contribution in [-0.2, 0) is 10.8 Å². The molecule has 0 amide bonds. The van der Waals surface area contributed by atoms with Crippen molar-refractivity contribution in [2.45, 2.75) is 10.8 Å². The van der Waals surface area contributed by atoms with Crippen molar-refractivity contribution in [1.29, 1.82) is 0 Å². The molecule has 16 aromatic carbocycles. The molecular formula is C96H62N2O2. The van der Waals surface area contributed by atoms with Gasteiger partial charge < -0.3 is 18.6 Å². The Hall–Kier alpha value is -13.0. The monoisotopic (exact) mass is 1270 g/mol. The van der Waals surface area contributed by atoms with Gasteiger partial charge in [0.2, 0.25) is 0 Å². The van der Waals surface area contributed by atoms with Gasteiger partial charge in [-0.15, -0.1) is 0 Å². The fourth-order valence-electron chi connectivity index (χ4n) is 17.2. The number of hydrogen-bond donors (Lipinski definition) is 0. The van der Waals surface area contributed by atoms with E-state index in [1.807, 2.05) is 0 Å². The highest BCUT2D eigenvalue weighted by Gasteiger charge is 2.48. The van der Waals surface area contributed by atoms with Gasteiger partial charge >= 0.3 is 0 Å². The lowest BCUT2D eigenvalue weighted by Crippen LogP contribution is -2.28. The molecule has 0 N–H and O–H groups in total. The van der Waals surface area contributed by atoms with E-state index in [4.69, 9.17) is 8.83 Å². The summed E-state index contributed by atoms with van der Waals surface area (Å²) < 4.78 is 15.1. The number of hydrogen-bond acceptors (Lipinski definition) is 4. The Bertz CT molecular complexity index is 5750. The van der Waals surface area contributed by atoms with Crippen molar-refractivity contribution >= 4 is 88.8 Å². The van der Waals surface area contributed by atoms with E-state index in [-0.39, 0.29) is 0 Å². The molecule has 0 atom stereocenters. The molecule has 0 unspecified atom stereocenters. The summed E-state index contributed by atoms with van der Waals surface area (Å²) in [5.41, 5.74) is 27.4. The predicted molar refractivity (Wildman–Crippen MR) is 413 cm³/mol. The van der Waals surface area contributed by atoms with Crippen LogP contribution in [0.3, 0.4) is 0 Å². The Balaban J connectivity index is 0.781. The van der Waals surface area contributed by atoms with E-state index in [0.717, 1.165) is 111 Å². The zero-order valence-corrected chi connectivity index (χ0v) is 54.5. The van der Waals surface area contributed by atoms with E-state index in [1.54, 1.807) is 0 Å². The average Bonchev–Trinajstić information content (AvgIpc) is 1.53. The zero-order valence-electron chi connectivity index (χ0n) is 54.5. The van der Waals surface area contributed by atoms with Crippen molar-refractivity contribution in [3.05, 3.63) is 421 Å². The molecule has 0 radical (unpaired) electrons. The van der Waals surface area contributed by atoms with E-state index in [9.17, 15) is 0 Å². The van der Waals surface area contributed by atoms with Gasteiger partial charge in [-0.3, -0.25) is 0 Å². The van der Waals surface area contributed by atoms with Crippen LogP contribution >= 0.6 is 0 Å². The molecule has 0 saturated heterocycles. The molecule has 2 aliphatic rings. The highest BCUT2D eigenvalue weighted by Crippen LogP contribution is 2.59. The number of para-hydroxylation sites is 2. The summed E-state index contributed by atoms with van der Waals surface area (Å²) in [6, 6.07) is 138. The summed E-state index contributed by atoms with van der Waals surface area (Å²) >= 11 is 0. The molecule has 4 nitrogen and oxygen atoms in total. The van der Waals surface area contributed by atoms with Gasteiger partial charge in [0.15, 0.2) is 0 Å². The number of fused-ring (bicyclic) bond motifs is 15. The van der Waals surface area contributed by atoms with E-state index >= 15 is 0 Å². The molecular weight excluding hydrogens is 1210 g/mol. The molecule has 0 fully saturated rings. The van der Waals surface area contributed by atoms with Crippen LogP contribution in [0.25, 0.3) is 99.2 Å². The van der Waals surface area contributed by atoms with Crippen LogP contribution in [0.15, 0.2) is 385 Å². The molecule has 100 heavy (non-hydrogen) atoms. The van der Waals surface area contributed by atoms with Crippen molar-refractivity contribution in [3.63, 3.8) is 0 Å². The number of nitrogens with zero attached hydrogens (tertiary/aromatic N) is 2. The third-order valence-electron chi connectivity index (χ3n) is 21.4. The van der Waals surface area contributed by atoms with Crippen LogP contribution in [0.1, 0.15) is 44.5 Å². The van der Waals surface area contributed by atoms with Crippen LogP contribution < -0.4 is 9.80 Å². The van der Waals surface area contributed by atoms with Gasteiger partial charge in [-0.25, -0.2) is 0 Å². The maximum atomic E-state index is 7.56. The van der Waals surface area contributed by atoms with Gasteiger partial charge in [0.25, 0.3) is 0 Å². The summed E-state index contributed by atoms with van der Waals surface area (Å²) in [5, 5.41) is 6.09. The third kappa shape index (κ3) is 8.54. The normalized spacial score (nSPS) is 13.2. The van der Waals surface area contributed by atoms with Crippen LogP contribution in [-0.4, -0.2) is 0 Å². The van der Waals surface area contributed by atoms with E-state index < -0.39 is 10.8 Å². The molecule has 0 spiro atoms. The lowest BCUT2D eigenvalue weighted by Gasteiger charge is -2.35. The van der Waals surface area contributed by atoms with Crippen molar-refractivity contribution < 1.29 is 8.83 Å². The summed E-state index contributed by atoms with van der Waals surface area (Å²) in [5.74, 6) is 0. The first-order valence-electron chi connectivity index (χ1n) is 34.5. The van der Waals surface area contributed by atoms with Crippen molar-refractivity contribution in [2.75, 3.05) is 9.80 Å². The standard InChI is InChI=1S/C96H62N2O2/c1-7-29-63(30-8-1)81-61-83-79-55-53-73(97(69-39-15-5-16-40-69)71-43-27-37-67(57-71)95(65-33-11-3-12-34-65)85-49-23-19-45-75(85)76-46-20-24-50-86(76)95)59-89(79)100-94(83)92-82(64-31-9-2-10-32-64)62-84-80-56-54-74(60-90(80)99-93(84)91(81)92)98(70-41-17-6-18-42-70)72-44-28-38-68(58-72)96(66-35-13-4-14-36-66)87-51-25-21-47-77(87)78-48-22-26-52-88(78)96/h1-62H. The number of benzene rings is 16. The van der Waals surface area contributed by atoms with Gasteiger partial charge in [-0.05, 0) is 174 Å². The molecule has 20 rings (SSSR count). The van der Waals surface area contributed by atoms with E-state index in [1.165, 1.54) is 66.8 Å². The van der Waals surface area contributed by atoms with Gasteiger partial charge in [-0.2, -0.15) is 0 Å². The van der Waals surface area contributed by atoms with Crippen molar-refractivity contribution in [1.82, 2.24) is 0 Å². The van der Waals surface area contributed by atoms with Crippen LogP contribution in [0.5, 0.6) is 0 Å². The second-order valence-corrected chi connectivity index (χ2v) is 26.5. The zero-order chi connectivity index (χ0) is 65.9. The highest BCUT2D eigenvalue weighted by molar-refractivity contribution is 6.31. The Kier molecular flexibility index (Phi) is 13.1. The maximum absolute atomic E-state index is 7.56. The topological polar surface area (TPSA) is 32.8 Å². The molecule has 2 heterocycles. The lowest BCUT2D eigenvalue weighted by atomic mass is 9.67. The highest BCUT2D eigenvalue weighted by atomic mass is 16.3. The largest absolute Gasteiger partial charge is 0.455 e. The lowest BCUT2D eigenvalue weighted by molar-refractivity contribution is 0.669. The Labute approximate surface area is 579 Å². The minimum atomic E-state index is -0.573. The maximum Gasteiger partial charge on any atom is 0.144 e. The molecule has 2 aromatic heterocycles. The van der Waals surface area contributed by atoms with Crippen LogP contribution in [0.4, 0.5) is 34.1 Å². The quantitative estimate of drug-likeness (QED) is 0.122. The SMILES string of the molecule is c1ccc(-c2cc3c4ccc(N(c5ccccc5)c5cccc(C6(c7ccccc7)c7ccccc7-c7ccccc76)c5)cc4oc3c3c(-c4ccccc4)cc4c5ccc(N(c6ccccc6)c6cccc(C7(c8ccccc8)c8ccccc8-c8ccccc87)c6)cc5oc4c23)cc1. The molecule has 0 saturated carbocycles. The van der Waals surface area contributed by atoms with Crippen LogP contribution in [0.2, 0.25) is 0 Å². The van der Waals surface area contributed by atoms with Crippen molar-refractivity contribution in [3.8, 4) is 44.5 Å². The Morgan fingerprint density at radius 3 is 0.850 bits per heavy atom. The van der Waals surface area contributed by atoms with E-state index in [2.05, 4.69) is 386 Å². The van der Waals surface area contributed by atoms with Gasteiger partial charge in [0.05, 0.1) is 10.8 Å². The second-order valence-electron chi connectivity index (χ2n) is 26.5. The summed E-state index contributed by atoms with van der Waals surface area (Å²) in [6.07, 6.45) is 0.